The van der Waals surface area contributed by atoms with Crippen LogP contribution in [-0.4, -0.2) is 30.3 Å². The number of ether oxygens (including phenoxy) is 1. The van der Waals surface area contributed by atoms with Crippen LogP contribution in [0, 0.1) is 0 Å². The Balaban J connectivity index is 3.62. The third kappa shape index (κ3) is 9.77. The van der Waals surface area contributed by atoms with Crippen molar-refractivity contribution in [2.24, 2.45) is 0 Å². The second kappa shape index (κ2) is 7.49. The fourth-order valence-electron chi connectivity index (χ4n) is 1.29. The lowest BCUT2D eigenvalue weighted by Crippen LogP contribution is -2.42. The maximum Gasteiger partial charge on any atom is 0.422 e. The van der Waals surface area contributed by atoms with Gasteiger partial charge in [0.05, 0.1) is 0 Å². The Morgan fingerprint density at radius 3 is 2.38 bits per heavy atom. The van der Waals surface area contributed by atoms with E-state index in [1.54, 1.807) is 5.01 Å². The number of nitrogens with one attached hydrogen (secondary N) is 1. The van der Waals surface area contributed by atoms with E-state index in [4.69, 9.17) is 4.74 Å². The maximum absolute atomic E-state index is 11.4. The van der Waals surface area contributed by atoms with E-state index in [9.17, 15) is 4.79 Å². The van der Waals surface area contributed by atoms with E-state index in [-0.39, 0.29) is 6.09 Å². The van der Waals surface area contributed by atoms with Crippen LogP contribution < -0.4 is 5.43 Å². The Morgan fingerprint density at radius 1 is 1.25 bits per heavy atom. The van der Waals surface area contributed by atoms with Crippen LogP contribution >= 0.6 is 0 Å². The first-order valence-electron chi connectivity index (χ1n) is 6.06. The predicted molar refractivity (Wildman–Crippen MR) is 66.1 cm³/mol. The Hall–Kier alpha value is -0.770. The molecule has 16 heavy (non-hydrogen) atoms. The van der Waals surface area contributed by atoms with Crippen molar-refractivity contribution >= 4 is 6.09 Å². The Bertz CT molecular complexity index is 200. The molecular weight excluding hydrogens is 204 g/mol. The summed E-state index contributed by atoms with van der Waals surface area (Å²) in [7, 11) is 1.86. The van der Waals surface area contributed by atoms with Gasteiger partial charge >= 0.3 is 6.09 Å². The van der Waals surface area contributed by atoms with Crippen molar-refractivity contribution in [1.29, 1.82) is 0 Å². The van der Waals surface area contributed by atoms with E-state index in [1.165, 1.54) is 19.3 Å². The quantitative estimate of drug-likeness (QED) is 0.563. The molecule has 96 valence electrons. The van der Waals surface area contributed by atoms with Gasteiger partial charge in [-0.3, -0.25) is 5.43 Å². The third-order valence-corrected chi connectivity index (χ3v) is 2.03. The minimum atomic E-state index is -0.437. The average molecular weight is 230 g/mol. The molecule has 0 rings (SSSR count). The summed E-state index contributed by atoms with van der Waals surface area (Å²) >= 11 is 0. The van der Waals surface area contributed by atoms with Gasteiger partial charge in [0.2, 0.25) is 0 Å². The Kier molecular flexibility index (Phi) is 7.13. The summed E-state index contributed by atoms with van der Waals surface area (Å²) in [5.74, 6) is 0. The molecule has 0 radical (unpaired) electrons. The number of carbonyl (C=O) groups excluding carboxylic acids is 1. The van der Waals surface area contributed by atoms with Crippen LogP contribution in [0.4, 0.5) is 4.79 Å². The molecule has 4 nitrogen and oxygen atoms in total. The second-order valence-electron chi connectivity index (χ2n) is 5.10. The fourth-order valence-corrected chi connectivity index (χ4v) is 1.29. The van der Waals surface area contributed by atoms with Gasteiger partial charge in [0.25, 0.3) is 0 Å². The fraction of sp³-hybridized carbons (Fsp3) is 0.917. The van der Waals surface area contributed by atoms with Crippen molar-refractivity contribution in [1.82, 2.24) is 10.4 Å². The highest BCUT2D eigenvalue weighted by Crippen LogP contribution is 2.06. The molecule has 0 aliphatic carbocycles. The molecule has 4 heteroatoms. The highest BCUT2D eigenvalue weighted by atomic mass is 16.6. The van der Waals surface area contributed by atoms with Gasteiger partial charge in [0.1, 0.15) is 5.60 Å². The number of nitrogens with zero attached hydrogens (tertiary/aromatic N) is 1. The largest absolute Gasteiger partial charge is 0.443 e. The van der Waals surface area contributed by atoms with E-state index in [0.717, 1.165) is 13.0 Å². The van der Waals surface area contributed by atoms with Gasteiger partial charge in [-0.1, -0.05) is 26.2 Å². The number of hydrogen-bond donors (Lipinski definition) is 1. The van der Waals surface area contributed by atoms with Crippen LogP contribution in [-0.2, 0) is 4.74 Å². The third-order valence-electron chi connectivity index (χ3n) is 2.03. The zero-order chi connectivity index (χ0) is 12.6. The molecule has 0 fully saturated rings. The normalized spacial score (nSPS) is 11.6. The molecule has 0 saturated heterocycles. The molecular formula is C12H26N2O2. The Morgan fingerprint density at radius 2 is 1.88 bits per heavy atom. The van der Waals surface area contributed by atoms with Gasteiger partial charge in [0, 0.05) is 13.6 Å². The van der Waals surface area contributed by atoms with Crippen molar-refractivity contribution in [2.75, 3.05) is 13.6 Å². The van der Waals surface area contributed by atoms with Gasteiger partial charge < -0.3 is 4.74 Å². The summed E-state index contributed by atoms with van der Waals surface area (Å²) in [4.78, 5) is 11.4. The minimum Gasteiger partial charge on any atom is -0.443 e. The van der Waals surface area contributed by atoms with Gasteiger partial charge in [0.15, 0.2) is 0 Å². The zero-order valence-electron chi connectivity index (χ0n) is 11.3. The number of hydrogen-bond acceptors (Lipinski definition) is 3. The van der Waals surface area contributed by atoms with Gasteiger partial charge in [-0.15, -0.1) is 0 Å². The van der Waals surface area contributed by atoms with Crippen molar-refractivity contribution in [2.45, 2.75) is 59.0 Å². The highest BCUT2D eigenvalue weighted by Gasteiger charge is 2.16. The maximum atomic E-state index is 11.4. The summed E-state index contributed by atoms with van der Waals surface area (Å²) in [6.45, 7) is 8.61. The first-order chi connectivity index (χ1) is 7.35. The molecule has 0 aliphatic heterocycles. The topological polar surface area (TPSA) is 41.6 Å². The molecule has 1 amide bonds. The van der Waals surface area contributed by atoms with Crippen LogP contribution in [0.1, 0.15) is 53.4 Å². The van der Waals surface area contributed by atoms with Gasteiger partial charge in [-0.2, -0.15) is 0 Å². The second-order valence-corrected chi connectivity index (χ2v) is 5.10. The van der Waals surface area contributed by atoms with Crippen LogP contribution in [0.15, 0.2) is 0 Å². The number of rotatable bonds is 6. The summed E-state index contributed by atoms with van der Waals surface area (Å²) < 4.78 is 5.14. The smallest absolute Gasteiger partial charge is 0.422 e. The molecule has 0 unspecified atom stereocenters. The van der Waals surface area contributed by atoms with Crippen LogP contribution in [0.5, 0.6) is 0 Å². The van der Waals surface area contributed by atoms with Crippen molar-refractivity contribution < 1.29 is 9.53 Å². The number of hydrazine groups is 1. The predicted octanol–water partition coefficient (Wildman–Crippen LogP) is 2.94. The van der Waals surface area contributed by atoms with E-state index < -0.39 is 5.60 Å². The number of unbranched alkanes of at least 4 members (excludes halogenated alkanes) is 3. The molecule has 0 bridgehead atoms. The van der Waals surface area contributed by atoms with E-state index in [1.807, 2.05) is 27.8 Å². The molecule has 0 aromatic carbocycles. The SMILES string of the molecule is CCCCCCN(C)NC(=O)OC(C)(C)C. The lowest BCUT2D eigenvalue weighted by molar-refractivity contribution is 0.0367. The summed E-state index contributed by atoms with van der Waals surface area (Å²) in [6, 6.07) is 0. The number of amides is 1. The van der Waals surface area contributed by atoms with E-state index >= 15 is 0 Å². The van der Waals surface area contributed by atoms with Crippen LogP contribution in [0.25, 0.3) is 0 Å². The monoisotopic (exact) mass is 230 g/mol. The molecule has 0 aromatic heterocycles. The Labute approximate surface area is 99.3 Å². The van der Waals surface area contributed by atoms with Crippen molar-refractivity contribution in [3.8, 4) is 0 Å². The van der Waals surface area contributed by atoms with E-state index in [0.29, 0.717) is 0 Å². The molecule has 0 aromatic rings. The lowest BCUT2D eigenvalue weighted by atomic mass is 10.2. The first kappa shape index (κ1) is 15.2. The van der Waals surface area contributed by atoms with Crippen molar-refractivity contribution in [3.63, 3.8) is 0 Å². The minimum absolute atomic E-state index is 0.384. The molecule has 0 saturated carbocycles. The molecule has 0 aliphatic rings. The van der Waals surface area contributed by atoms with Gasteiger partial charge in [-0.25, -0.2) is 9.80 Å². The summed E-state index contributed by atoms with van der Waals surface area (Å²) in [5, 5.41) is 1.78. The average Bonchev–Trinajstić information content (AvgIpc) is 2.09. The standard InChI is InChI=1S/C12H26N2O2/c1-6-7-8-9-10-14(5)13-11(15)16-12(2,3)4/h6-10H2,1-5H3,(H,13,15). The summed E-state index contributed by atoms with van der Waals surface area (Å²) in [5.41, 5.74) is 2.25. The lowest BCUT2D eigenvalue weighted by Gasteiger charge is -2.23. The first-order valence-corrected chi connectivity index (χ1v) is 6.06. The van der Waals surface area contributed by atoms with Gasteiger partial charge in [-0.05, 0) is 27.2 Å². The molecule has 0 atom stereocenters. The van der Waals surface area contributed by atoms with E-state index in [2.05, 4.69) is 12.3 Å². The zero-order valence-corrected chi connectivity index (χ0v) is 11.3. The number of carbonyl (C=O) groups is 1. The molecule has 0 heterocycles. The van der Waals surface area contributed by atoms with Crippen LogP contribution in [0.2, 0.25) is 0 Å². The van der Waals surface area contributed by atoms with Crippen LogP contribution in [0.3, 0.4) is 0 Å². The van der Waals surface area contributed by atoms with Crippen molar-refractivity contribution in [3.05, 3.63) is 0 Å². The highest BCUT2D eigenvalue weighted by molar-refractivity contribution is 5.66. The summed E-state index contributed by atoms with van der Waals surface area (Å²) in [6.07, 6.45) is 4.39. The molecule has 1 N–H and O–H groups in total. The molecule has 0 spiro atoms.